The zero-order valence-electron chi connectivity index (χ0n) is 12.8. The first kappa shape index (κ1) is 16.4. The van der Waals surface area contributed by atoms with Gasteiger partial charge in [-0.15, -0.1) is 5.10 Å². The highest BCUT2D eigenvalue weighted by Crippen LogP contribution is 2.26. The summed E-state index contributed by atoms with van der Waals surface area (Å²) in [5.74, 6) is 0.510. The van der Waals surface area contributed by atoms with Crippen molar-refractivity contribution in [3.05, 3.63) is 58.4 Å². The van der Waals surface area contributed by atoms with Gasteiger partial charge in [-0.25, -0.2) is 0 Å². The van der Waals surface area contributed by atoms with Gasteiger partial charge < -0.3 is 10.1 Å². The van der Waals surface area contributed by atoms with Gasteiger partial charge in [-0.3, -0.25) is 4.79 Å². The third-order valence-corrected chi connectivity index (χ3v) is 4.21. The van der Waals surface area contributed by atoms with Crippen molar-refractivity contribution in [1.82, 2.24) is 9.59 Å². The van der Waals surface area contributed by atoms with Crippen LogP contribution in [-0.4, -0.2) is 22.1 Å². The second kappa shape index (κ2) is 7.42. The molecule has 24 heavy (non-hydrogen) atoms. The molecule has 0 fully saturated rings. The van der Waals surface area contributed by atoms with Gasteiger partial charge in [0.25, 0.3) is 5.91 Å². The van der Waals surface area contributed by atoms with Gasteiger partial charge in [0.1, 0.15) is 16.3 Å². The van der Waals surface area contributed by atoms with E-state index in [1.807, 2.05) is 31.2 Å². The van der Waals surface area contributed by atoms with Crippen molar-refractivity contribution in [1.29, 1.82) is 0 Å². The largest absolute Gasteiger partial charge is 0.494 e. The molecule has 0 radical (unpaired) electrons. The maximum atomic E-state index is 12.5. The quantitative estimate of drug-likeness (QED) is 0.728. The van der Waals surface area contributed by atoms with Crippen molar-refractivity contribution >= 4 is 34.7 Å². The maximum absolute atomic E-state index is 12.5. The zero-order valence-corrected chi connectivity index (χ0v) is 14.4. The Morgan fingerprint density at radius 2 is 1.88 bits per heavy atom. The molecule has 5 nitrogen and oxygen atoms in total. The third kappa shape index (κ3) is 3.72. The minimum atomic E-state index is -0.251. The molecule has 0 atom stereocenters. The van der Waals surface area contributed by atoms with E-state index in [2.05, 4.69) is 14.9 Å². The van der Waals surface area contributed by atoms with Crippen LogP contribution in [0.2, 0.25) is 5.02 Å². The fourth-order valence-electron chi connectivity index (χ4n) is 2.13. The molecule has 0 unspecified atom stereocenters. The second-order valence-corrected chi connectivity index (χ2v) is 6.06. The number of hydrogen-bond acceptors (Lipinski definition) is 5. The summed E-state index contributed by atoms with van der Waals surface area (Å²) in [5.41, 5.74) is 2.02. The number of anilines is 1. The molecule has 0 spiro atoms. The maximum Gasteiger partial charge on any atom is 0.269 e. The Hall–Kier alpha value is -2.44. The molecule has 1 N–H and O–H groups in total. The lowest BCUT2D eigenvalue weighted by molar-refractivity contribution is 0.103. The summed E-state index contributed by atoms with van der Waals surface area (Å²) in [7, 11) is 0. The molecule has 1 aromatic heterocycles. The molecule has 0 aliphatic rings. The topological polar surface area (TPSA) is 64.1 Å². The van der Waals surface area contributed by atoms with E-state index in [4.69, 9.17) is 16.3 Å². The third-order valence-electron chi connectivity index (χ3n) is 3.24. The van der Waals surface area contributed by atoms with Crippen LogP contribution in [0.1, 0.15) is 16.6 Å². The molecular weight excluding hydrogens is 346 g/mol. The highest BCUT2D eigenvalue weighted by atomic mass is 35.5. The van der Waals surface area contributed by atoms with E-state index in [0.29, 0.717) is 27.9 Å². The number of nitrogens with one attached hydrogen (secondary N) is 1. The molecule has 1 heterocycles. The van der Waals surface area contributed by atoms with Gasteiger partial charge in [0.15, 0.2) is 0 Å². The summed E-state index contributed by atoms with van der Waals surface area (Å²) in [6.07, 6.45) is 0. The molecule has 0 aliphatic carbocycles. The molecule has 7 heteroatoms. The van der Waals surface area contributed by atoms with Crippen LogP contribution in [0.4, 0.5) is 5.69 Å². The summed E-state index contributed by atoms with van der Waals surface area (Å²) in [6, 6.07) is 14.3. The molecule has 2 aromatic carbocycles. The van der Waals surface area contributed by atoms with Gasteiger partial charge in [-0.05, 0) is 54.9 Å². The van der Waals surface area contributed by atoms with Gasteiger partial charge in [0.2, 0.25) is 0 Å². The van der Waals surface area contributed by atoms with Crippen molar-refractivity contribution in [2.45, 2.75) is 6.92 Å². The number of amides is 1. The number of hydrogen-bond donors (Lipinski definition) is 1. The first-order valence-electron chi connectivity index (χ1n) is 7.30. The summed E-state index contributed by atoms with van der Waals surface area (Å²) in [6.45, 7) is 2.52. The number of ether oxygens (including phenoxy) is 1. The number of carbonyl (C=O) groups excluding carboxylic acids is 1. The Kier molecular flexibility index (Phi) is 5.08. The van der Waals surface area contributed by atoms with Gasteiger partial charge >= 0.3 is 0 Å². The normalized spacial score (nSPS) is 10.4. The zero-order chi connectivity index (χ0) is 16.9. The molecule has 1 amide bonds. The second-order valence-electron chi connectivity index (χ2n) is 4.87. The van der Waals surface area contributed by atoms with Crippen molar-refractivity contribution < 1.29 is 9.53 Å². The Bertz CT molecular complexity index is 832. The van der Waals surface area contributed by atoms with E-state index in [9.17, 15) is 4.79 Å². The minimum absolute atomic E-state index is 0.251. The predicted molar refractivity (Wildman–Crippen MR) is 95.9 cm³/mol. The molecule has 122 valence electrons. The summed E-state index contributed by atoms with van der Waals surface area (Å²) in [5, 5.41) is 7.53. The van der Waals surface area contributed by atoms with Gasteiger partial charge in [0, 0.05) is 16.3 Å². The first-order valence-corrected chi connectivity index (χ1v) is 8.45. The summed E-state index contributed by atoms with van der Waals surface area (Å²) < 4.78 is 9.28. The minimum Gasteiger partial charge on any atom is -0.494 e. The van der Waals surface area contributed by atoms with Gasteiger partial charge in [-0.1, -0.05) is 28.2 Å². The number of aromatic nitrogens is 2. The molecule has 3 rings (SSSR count). The lowest BCUT2D eigenvalue weighted by Gasteiger charge is -2.07. The van der Waals surface area contributed by atoms with Crippen molar-refractivity contribution in [3.63, 3.8) is 0 Å². The van der Waals surface area contributed by atoms with E-state index in [-0.39, 0.29) is 5.91 Å². The van der Waals surface area contributed by atoms with Crippen LogP contribution in [0, 0.1) is 0 Å². The molecular formula is C17H14ClN3O2S. The summed E-state index contributed by atoms with van der Waals surface area (Å²) >= 11 is 6.95. The van der Waals surface area contributed by atoms with E-state index >= 15 is 0 Å². The standard InChI is InChI=1S/C17H14ClN3O2S/c1-2-23-14-9-7-13(8-10-14)19-17(22)16-15(20-21-24-16)11-3-5-12(18)6-4-11/h3-10H,2H2,1H3,(H,19,22). The Morgan fingerprint density at radius 1 is 1.17 bits per heavy atom. The number of nitrogens with zero attached hydrogens (tertiary/aromatic N) is 2. The van der Waals surface area contributed by atoms with Crippen LogP contribution in [0.3, 0.4) is 0 Å². The Balaban J connectivity index is 1.78. The fourth-order valence-corrected chi connectivity index (χ4v) is 2.83. The van der Waals surface area contributed by atoms with Crippen molar-refractivity contribution in [2.24, 2.45) is 0 Å². The van der Waals surface area contributed by atoms with Crippen LogP contribution in [0.5, 0.6) is 5.75 Å². The van der Waals surface area contributed by atoms with E-state index < -0.39 is 0 Å². The van der Waals surface area contributed by atoms with Gasteiger partial charge in [0.05, 0.1) is 6.61 Å². The number of rotatable bonds is 5. The fraction of sp³-hybridized carbons (Fsp3) is 0.118. The van der Waals surface area contributed by atoms with E-state index in [1.54, 1.807) is 24.3 Å². The van der Waals surface area contributed by atoms with Gasteiger partial charge in [-0.2, -0.15) is 0 Å². The highest BCUT2D eigenvalue weighted by molar-refractivity contribution is 7.08. The van der Waals surface area contributed by atoms with Crippen LogP contribution < -0.4 is 10.1 Å². The smallest absolute Gasteiger partial charge is 0.269 e. The van der Waals surface area contributed by atoms with Crippen LogP contribution in [0.25, 0.3) is 11.3 Å². The van der Waals surface area contributed by atoms with Crippen LogP contribution >= 0.6 is 23.1 Å². The SMILES string of the molecule is CCOc1ccc(NC(=O)c2snnc2-c2ccc(Cl)cc2)cc1. The van der Waals surface area contributed by atoms with Crippen molar-refractivity contribution in [2.75, 3.05) is 11.9 Å². The molecule has 0 saturated heterocycles. The highest BCUT2D eigenvalue weighted by Gasteiger charge is 2.18. The Morgan fingerprint density at radius 3 is 2.54 bits per heavy atom. The summed E-state index contributed by atoms with van der Waals surface area (Å²) in [4.78, 5) is 13.0. The monoisotopic (exact) mass is 359 g/mol. The number of benzene rings is 2. The molecule has 0 saturated carbocycles. The average Bonchev–Trinajstić information content (AvgIpc) is 3.07. The number of carbonyl (C=O) groups is 1. The predicted octanol–water partition coefficient (Wildman–Crippen LogP) is 4.51. The molecule has 3 aromatic rings. The first-order chi connectivity index (χ1) is 11.7. The van der Waals surface area contributed by atoms with Crippen molar-refractivity contribution in [3.8, 4) is 17.0 Å². The average molecular weight is 360 g/mol. The lowest BCUT2D eigenvalue weighted by atomic mass is 10.1. The lowest BCUT2D eigenvalue weighted by Crippen LogP contribution is -2.11. The van der Waals surface area contributed by atoms with E-state index in [0.717, 1.165) is 22.8 Å². The Labute approximate surface area is 148 Å². The van der Waals surface area contributed by atoms with Crippen LogP contribution in [0.15, 0.2) is 48.5 Å². The molecule has 0 bridgehead atoms. The van der Waals surface area contributed by atoms with Crippen LogP contribution in [-0.2, 0) is 0 Å². The molecule has 0 aliphatic heterocycles. The number of halogens is 1. The van der Waals surface area contributed by atoms with E-state index in [1.165, 1.54) is 0 Å².